The smallest absolute Gasteiger partial charge is 0.475 e. The number of carboxylic acid groups (broad SMARTS) is 2. The summed E-state index contributed by atoms with van der Waals surface area (Å²) in [5, 5.41) is 14.2. The van der Waals surface area contributed by atoms with E-state index >= 15 is 0 Å². The number of carboxylic acids is 2. The van der Waals surface area contributed by atoms with Crippen LogP contribution in [0.15, 0.2) is 36.8 Å². The summed E-state index contributed by atoms with van der Waals surface area (Å²) in [6, 6.07) is 8.01. The van der Waals surface area contributed by atoms with E-state index in [4.69, 9.17) is 24.5 Å². The summed E-state index contributed by atoms with van der Waals surface area (Å²) in [4.78, 5) is 35.2. The zero-order valence-electron chi connectivity index (χ0n) is 20.6. The van der Waals surface area contributed by atoms with Crippen LogP contribution in [0.25, 0.3) is 0 Å². The highest BCUT2D eigenvalue weighted by Gasteiger charge is 2.50. The summed E-state index contributed by atoms with van der Waals surface area (Å²) in [5.41, 5.74) is 1.00. The van der Waals surface area contributed by atoms with Gasteiger partial charge in [-0.3, -0.25) is 4.98 Å². The molecule has 1 atom stereocenters. The second kappa shape index (κ2) is 13.1. The van der Waals surface area contributed by atoms with Crippen molar-refractivity contribution in [3.05, 3.63) is 42.5 Å². The van der Waals surface area contributed by atoms with Crippen LogP contribution in [0.5, 0.6) is 0 Å². The number of alkyl halides is 6. The quantitative estimate of drug-likeness (QED) is 0.501. The molecule has 2 fully saturated rings. The first-order chi connectivity index (χ1) is 18.0. The van der Waals surface area contributed by atoms with Gasteiger partial charge in [0.2, 0.25) is 0 Å². The highest BCUT2D eigenvalue weighted by Crippen LogP contribution is 2.47. The molecule has 1 unspecified atom stereocenters. The molecule has 2 aromatic heterocycles. The second-order valence-electron chi connectivity index (χ2n) is 8.54. The van der Waals surface area contributed by atoms with Crippen LogP contribution >= 0.6 is 11.8 Å². The lowest BCUT2D eigenvalue weighted by atomic mass is 9.93. The first kappa shape index (κ1) is 31.9. The molecule has 4 rings (SSSR count). The number of carbonyl (C=O) groups is 2. The Morgan fingerprint density at radius 3 is 2.15 bits per heavy atom. The van der Waals surface area contributed by atoms with Crippen molar-refractivity contribution in [1.29, 1.82) is 0 Å². The highest BCUT2D eigenvalue weighted by molar-refractivity contribution is 8.01. The first-order valence-corrected chi connectivity index (χ1v) is 12.0. The molecule has 4 heterocycles. The molecule has 0 aliphatic carbocycles. The standard InChI is InChI=1S/C18H23N5OS.2C2HF3O2/c1-22(2)16-7-17(21-13-20-16)23-11-18(12-23)8-15(10-25-18)24-9-14-5-3-4-6-19-14;2*3-2(4,5)1(6)7/h3-7,13,15H,8-12H2,1-2H3;2*(H,6,7). The van der Waals surface area contributed by atoms with Crippen molar-refractivity contribution in [3.63, 3.8) is 0 Å². The third-order valence-electron chi connectivity index (χ3n) is 5.23. The van der Waals surface area contributed by atoms with E-state index in [1.165, 1.54) is 0 Å². The molecular formula is C22H25F6N5O5S. The molecule has 2 saturated heterocycles. The van der Waals surface area contributed by atoms with E-state index in [0.29, 0.717) is 17.5 Å². The molecule has 1 spiro atoms. The van der Waals surface area contributed by atoms with Crippen molar-refractivity contribution in [2.75, 3.05) is 42.7 Å². The van der Waals surface area contributed by atoms with E-state index < -0.39 is 24.3 Å². The largest absolute Gasteiger partial charge is 0.490 e. The number of aromatic nitrogens is 3. The predicted octanol–water partition coefficient (Wildman–Crippen LogP) is 3.49. The number of rotatable bonds is 5. The van der Waals surface area contributed by atoms with Crippen LogP contribution in [0.4, 0.5) is 38.0 Å². The van der Waals surface area contributed by atoms with Crippen molar-refractivity contribution in [3.8, 4) is 0 Å². The normalized spacial score (nSPS) is 17.7. The van der Waals surface area contributed by atoms with Crippen molar-refractivity contribution >= 4 is 35.3 Å². The van der Waals surface area contributed by atoms with E-state index in [0.717, 1.165) is 42.6 Å². The van der Waals surface area contributed by atoms with Crippen molar-refractivity contribution in [1.82, 2.24) is 15.0 Å². The Morgan fingerprint density at radius 2 is 1.67 bits per heavy atom. The van der Waals surface area contributed by atoms with Crippen molar-refractivity contribution in [2.24, 2.45) is 0 Å². The zero-order valence-corrected chi connectivity index (χ0v) is 21.4. The van der Waals surface area contributed by atoms with Gasteiger partial charge in [-0.05, 0) is 18.6 Å². The summed E-state index contributed by atoms with van der Waals surface area (Å²) in [6.07, 6.45) is -5.28. The number of aliphatic carboxylic acids is 2. The average Bonchev–Trinajstić information content (AvgIpc) is 3.27. The molecule has 39 heavy (non-hydrogen) atoms. The van der Waals surface area contributed by atoms with Gasteiger partial charge >= 0.3 is 24.3 Å². The van der Waals surface area contributed by atoms with Crippen LogP contribution in [0.3, 0.4) is 0 Å². The SMILES string of the molecule is CN(C)c1cc(N2CC3(CC(OCc4ccccn4)CS3)C2)ncn1.O=C(O)C(F)(F)F.O=C(O)C(F)(F)F. The van der Waals surface area contributed by atoms with Gasteiger partial charge in [-0.25, -0.2) is 19.6 Å². The molecule has 0 radical (unpaired) electrons. The number of hydrogen-bond donors (Lipinski definition) is 2. The minimum Gasteiger partial charge on any atom is -0.475 e. The number of ether oxygens (including phenoxy) is 1. The molecule has 0 bridgehead atoms. The highest BCUT2D eigenvalue weighted by atomic mass is 32.2. The second-order valence-corrected chi connectivity index (χ2v) is 10.0. The number of halogens is 6. The molecule has 2 N–H and O–H groups in total. The monoisotopic (exact) mass is 585 g/mol. The summed E-state index contributed by atoms with van der Waals surface area (Å²) in [5.74, 6) is -2.49. The van der Waals surface area contributed by atoms with Crippen LogP contribution in [-0.2, 0) is 20.9 Å². The summed E-state index contributed by atoms with van der Waals surface area (Å²) in [7, 11) is 4.00. The maximum atomic E-state index is 10.6. The van der Waals surface area contributed by atoms with Gasteiger partial charge in [0.05, 0.1) is 23.2 Å². The van der Waals surface area contributed by atoms with Gasteiger partial charge in [-0.15, -0.1) is 11.8 Å². The molecule has 0 aromatic carbocycles. The van der Waals surface area contributed by atoms with E-state index in [9.17, 15) is 26.3 Å². The Bertz CT molecular complexity index is 1080. The lowest BCUT2D eigenvalue weighted by Crippen LogP contribution is -2.59. The van der Waals surface area contributed by atoms with Crippen LogP contribution < -0.4 is 9.80 Å². The Balaban J connectivity index is 0.000000317. The molecular weight excluding hydrogens is 560 g/mol. The molecule has 0 amide bonds. The fraction of sp³-hybridized carbons (Fsp3) is 0.500. The van der Waals surface area contributed by atoms with Crippen molar-refractivity contribution < 1.29 is 50.9 Å². The Labute approximate surface area is 223 Å². The molecule has 2 aromatic rings. The molecule has 2 aliphatic rings. The van der Waals surface area contributed by atoms with E-state index in [-0.39, 0.29) is 0 Å². The van der Waals surface area contributed by atoms with Gasteiger partial charge in [0.25, 0.3) is 0 Å². The third-order valence-corrected chi connectivity index (χ3v) is 6.81. The van der Waals surface area contributed by atoms with Crippen LogP contribution in [-0.4, -0.2) is 93.2 Å². The minimum absolute atomic E-state index is 0.317. The lowest BCUT2D eigenvalue weighted by Gasteiger charge is -2.48. The van der Waals surface area contributed by atoms with Crippen LogP contribution in [0.2, 0.25) is 0 Å². The van der Waals surface area contributed by atoms with E-state index in [1.54, 1.807) is 6.33 Å². The van der Waals surface area contributed by atoms with Gasteiger partial charge in [-0.2, -0.15) is 26.3 Å². The molecule has 0 saturated carbocycles. The van der Waals surface area contributed by atoms with Gasteiger partial charge in [0.1, 0.15) is 18.0 Å². The third kappa shape index (κ3) is 10.0. The predicted molar refractivity (Wildman–Crippen MR) is 129 cm³/mol. The van der Waals surface area contributed by atoms with Gasteiger partial charge < -0.3 is 24.7 Å². The zero-order chi connectivity index (χ0) is 29.4. The number of thioether (sulfide) groups is 1. The average molecular weight is 586 g/mol. The fourth-order valence-electron chi connectivity index (χ4n) is 3.38. The van der Waals surface area contributed by atoms with E-state index in [1.807, 2.05) is 55.2 Å². The van der Waals surface area contributed by atoms with Crippen LogP contribution in [0, 0.1) is 0 Å². The summed E-state index contributed by atoms with van der Waals surface area (Å²) < 4.78 is 69.9. The first-order valence-electron chi connectivity index (χ1n) is 11.0. The Hall–Kier alpha value is -3.34. The Kier molecular flexibility index (Phi) is 10.7. The van der Waals surface area contributed by atoms with Gasteiger partial charge in [0.15, 0.2) is 0 Å². The minimum atomic E-state index is -5.08. The number of anilines is 2. The molecule has 2 aliphatic heterocycles. The van der Waals surface area contributed by atoms with Gasteiger partial charge in [0, 0.05) is 45.2 Å². The fourth-order valence-corrected chi connectivity index (χ4v) is 4.93. The molecule has 216 valence electrons. The van der Waals surface area contributed by atoms with Gasteiger partial charge in [-0.1, -0.05) is 6.07 Å². The molecule has 10 nitrogen and oxygen atoms in total. The maximum absolute atomic E-state index is 10.6. The van der Waals surface area contributed by atoms with E-state index in [2.05, 4.69) is 25.9 Å². The summed E-state index contributed by atoms with van der Waals surface area (Å²) in [6.45, 7) is 2.67. The molecule has 17 heteroatoms. The maximum Gasteiger partial charge on any atom is 0.490 e. The number of pyridine rings is 1. The lowest BCUT2D eigenvalue weighted by molar-refractivity contribution is -0.193. The van der Waals surface area contributed by atoms with Crippen LogP contribution in [0.1, 0.15) is 12.1 Å². The number of nitrogens with zero attached hydrogens (tertiary/aromatic N) is 5. The number of hydrogen-bond acceptors (Lipinski definition) is 9. The summed E-state index contributed by atoms with van der Waals surface area (Å²) >= 11 is 2.04. The van der Waals surface area contributed by atoms with Crippen molar-refractivity contribution in [2.45, 2.75) is 36.2 Å². The topological polar surface area (TPSA) is 129 Å². The Morgan fingerprint density at radius 1 is 1.08 bits per heavy atom.